The number of carbonyl (C=O) groups is 2. The van der Waals surface area contributed by atoms with E-state index in [2.05, 4.69) is 31.4 Å². The first-order valence-electron chi connectivity index (χ1n) is 8.49. The minimum Gasteiger partial charge on any atom is -0.356 e. The highest BCUT2D eigenvalue weighted by molar-refractivity contribution is 5.76. The van der Waals surface area contributed by atoms with E-state index in [1.165, 1.54) is 19.1 Å². The van der Waals surface area contributed by atoms with Gasteiger partial charge >= 0.3 is 0 Å². The van der Waals surface area contributed by atoms with Gasteiger partial charge in [0, 0.05) is 19.9 Å². The predicted octanol–water partition coefficient (Wildman–Crippen LogP) is 3.73. The fourth-order valence-corrected chi connectivity index (χ4v) is 2.54. The maximum absolute atomic E-state index is 13.1. The van der Waals surface area contributed by atoms with Gasteiger partial charge in [-0.1, -0.05) is 39.3 Å². The molecule has 0 fully saturated rings. The fraction of sp³-hybridized carbons (Fsp3) is 0.579. The Balaban J connectivity index is 2.48. The molecule has 2 N–H and O–H groups in total. The van der Waals surface area contributed by atoms with Crippen LogP contribution in [0.2, 0.25) is 0 Å². The third kappa shape index (κ3) is 7.57. The molecule has 0 aliphatic rings. The highest BCUT2D eigenvalue weighted by atomic mass is 19.1. The SMILES string of the molecule is CC(=O)NCCCCCC(=O)NC(c1ccc(F)cc1)C(C)(C)C. The first-order valence-corrected chi connectivity index (χ1v) is 8.49. The molecular weight excluding hydrogens is 307 g/mol. The van der Waals surface area contributed by atoms with Crippen molar-refractivity contribution in [1.82, 2.24) is 10.6 Å². The van der Waals surface area contributed by atoms with E-state index in [4.69, 9.17) is 0 Å². The van der Waals surface area contributed by atoms with Crippen molar-refractivity contribution in [3.05, 3.63) is 35.6 Å². The van der Waals surface area contributed by atoms with Gasteiger partial charge in [0.1, 0.15) is 5.82 Å². The van der Waals surface area contributed by atoms with Crippen LogP contribution in [0.4, 0.5) is 4.39 Å². The van der Waals surface area contributed by atoms with Crippen molar-refractivity contribution in [3.8, 4) is 0 Å². The van der Waals surface area contributed by atoms with Crippen LogP contribution in [0.25, 0.3) is 0 Å². The Labute approximate surface area is 144 Å². The first kappa shape index (κ1) is 20.1. The molecule has 0 heterocycles. The minimum atomic E-state index is -0.281. The van der Waals surface area contributed by atoms with Crippen LogP contribution in [0.3, 0.4) is 0 Å². The third-order valence-corrected chi connectivity index (χ3v) is 3.83. The quantitative estimate of drug-likeness (QED) is 0.711. The molecule has 0 radical (unpaired) electrons. The summed E-state index contributed by atoms with van der Waals surface area (Å²) >= 11 is 0. The van der Waals surface area contributed by atoms with Crippen molar-refractivity contribution < 1.29 is 14.0 Å². The van der Waals surface area contributed by atoms with Crippen LogP contribution in [0.15, 0.2) is 24.3 Å². The van der Waals surface area contributed by atoms with E-state index in [0.29, 0.717) is 13.0 Å². The molecule has 2 amide bonds. The lowest BCUT2D eigenvalue weighted by atomic mass is 9.82. The number of unbranched alkanes of at least 4 members (excludes halogenated alkanes) is 2. The number of nitrogens with one attached hydrogen (secondary N) is 2. The average Bonchev–Trinajstić information content (AvgIpc) is 2.48. The van der Waals surface area contributed by atoms with E-state index >= 15 is 0 Å². The maximum Gasteiger partial charge on any atom is 0.220 e. The molecule has 1 unspecified atom stereocenters. The smallest absolute Gasteiger partial charge is 0.220 e. The lowest BCUT2D eigenvalue weighted by Crippen LogP contribution is -2.36. The number of benzene rings is 1. The van der Waals surface area contributed by atoms with Gasteiger partial charge in [0.25, 0.3) is 0 Å². The Bertz CT molecular complexity index is 535. The van der Waals surface area contributed by atoms with Crippen molar-refractivity contribution in [3.63, 3.8) is 0 Å². The van der Waals surface area contributed by atoms with Crippen molar-refractivity contribution in [2.45, 2.75) is 59.4 Å². The zero-order valence-corrected chi connectivity index (χ0v) is 15.1. The molecule has 24 heavy (non-hydrogen) atoms. The van der Waals surface area contributed by atoms with Crippen LogP contribution < -0.4 is 10.6 Å². The van der Waals surface area contributed by atoms with Crippen LogP contribution in [-0.2, 0) is 9.59 Å². The van der Waals surface area contributed by atoms with Gasteiger partial charge in [-0.3, -0.25) is 9.59 Å². The second-order valence-electron chi connectivity index (χ2n) is 7.21. The molecule has 0 spiro atoms. The van der Waals surface area contributed by atoms with Crippen LogP contribution in [-0.4, -0.2) is 18.4 Å². The number of amides is 2. The zero-order chi connectivity index (χ0) is 18.2. The molecule has 1 atom stereocenters. The molecule has 0 aromatic heterocycles. The number of halogens is 1. The highest BCUT2D eigenvalue weighted by Crippen LogP contribution is 2.32. The summed E-state index contributed by atoms with van der Waals surface area (Å²) in [6.45, 7) is 8.30. The first-order chi connectivity index (χ1) is 11.2. The number of hydrogen-bond donors (Lipinski definition) is 2. The highest BCUT2D eigenvalue weighted by Gasteiger charge is 2.27. The summed E-state index contributed by atoms with van der Waals surface area (Å²) in [6, 6.07) is 6.12. The summed E-state index contributed by atoms with van der Waals surface area (Å²) in [6.07, 6.45) is 3.00. The van der Waals surface area contributed by atoms with Crippen LogP contribution >= 0.6 is 0 Å². The molecular formula is C19H29FN2O2. The summed E-state index contributed by atoms with van der Waals surface area (Å²) in [5.74, 6) is -0.309. The molecule has 0 saturated heterocycles. The normalized spacial score (nSPS) is 12.5. The van der Waals surface area contributed by atoms with Gasteiger partial charge in [-0.15, -0.1) is 0 Å². The summed E-state index contributed by atoms with van der Waals surface area (Å²) in [4.78, 5) is 23.0. The van der Waals surface area contributed by atoms with Crippen molar-refractivity contribution in [2.24, 2.45) is 5.41 Å². The fourth-order valence-electron chi connectivity index (χ4n) is 2.54. The summed E-state index contributed by atoms with van der Waals surface area (Å²) in [7, 11) is 0. The maximum atomic E-state index is 13.1. The van der Waals surface area contributed by atoms with Gasteiger partial charge in [-0.25, -0.2) is 4.39 Å². The predicted molar refractivity (Wildman–Crippen MR) is 93.9 cm³/mol. The van der Waals surface area contributed by atoms with Crippen LogP contribution in [0, 0.1) is 11.2 Å². The molecule has 1 aromatic rings. The molecule has 0 saturated carbocycles. The van der Waals surface area contributed by atoms with Crippen molar-refractivity contribution >= 4 is 11.8 Å². The lowest BCUT2D eigenvalue weighted by Gasteiger charge is -2.32. The molecule has 0 aliphatic heterocycles. The van der Waals surface area contributed by atoms with E-state index < -0.39 is 0 Å². The monoisotopic (exact) mass is 336 g/mol. The number of hydrogen-bond acceptors (Lipinski definition) is 2. The Morgan fingerprint density at radius 2 is 1.71 bits per heavy atom. The van der Waals surface area contributed by atoms with Crippen molar-refractivity contribution in [2.75, 3.05) is 6.54 Å². The van der Waals surface area contributed by atoms with Crippen molar-refractivity contribution in [1.29, 1.82) is 0 Å². The molecule has 1 aromatic carbocycles. The molecule has 1 rings (SSSR count). The topological polar surface area (TPSA) is 58.2 Å². The van der Waals surface area contributed by atoms with Gasteiger partial charge in [-0.2, -0.15) is 0 Å². The minimum absolute atomic E-state index is 0.00113. The largest absolute Gasteiger partial charge is 0.356 e. The van der Waals surface area contributed by atoms with Gasteiger partial charge < -0.3 is 10.6 Å². The van der Waals surface area contributed by atoms with E-state index in [-0.39, 0.29) is 29.1 Å². The Morgan fingerprint density at radius 1 is 1.08 bits per heavy atom. The lowest BCUT2D eigenvalue weighted by molar-refractivity contribution is -0.123. The molecule has 5 heteroatoms. The van der Waals surface area contributed by atoms with E-state index in [1.807, 2.05) is 0 Å². The number of carbonyl (C=O) groups excluding carboxylic acids is 2. The number of rotatable bonds is 8. The molecule has 0 aliphatic carbocycles. The Kier molecular flexibility index (Phi) is 7.89. The van der Waals surface area contributed by atoms with Gasteiger partial charge in [0.15, 0.2) is 0 Å². The summed E-state index contributed by atoms with van der Waals surface area (Å²) < 4.78 is 13.1. The molecule has 0 bridgehead atoms. The second-order valence-corrected chi connectivity index (χ2v) is 7.21. The standard InChI is InChI=1S/C19H29FN2O2/c1-14(23)21-13-7-5-6-8-17(24)22-18(19(2,3)4)15-9-11-16(20)12-10-15/h9-12,18H,5-8,13H2,1-4H3,(H,21,23)(H,22,24). The average molecular weight is 336 g/mol. The van der Waals surface area contributed by atoms with E-state index in [9.17, 15) is 14.0 Å². The van der Waals surface area contributed by atoms with Crippen LogP contribution in [0.1, 0.15) is 65.0 Å². The van der Waals surface area contributed by atoms with E-state index in [1.54, 1.807) is 12.1 Å². The second kappa shape index (κ2) is 9.40. The Hall–Kier alpha value is -1.91. The molecule has 134 valence electrons. The van der Waals surface area contributed by atoms with Gasteiger partial charge in [-0.05, 0) is 36.0 Å². The Morgan fingerprint density at radius 3 is 2.25 bits per heavy atom. The summed E-state index contributed by atoms with van der Waals surface area (Å²) in [5, 5.41) is 5.81. The van der Waals surface area contributed by atoms with Crippen LogP contribution in [0.5, 0.6) is 0 Å². The van der Waals surface area contributed by atoms with Gasteiger partial charge in [0.2, 0.25) is 11.8 Å². The zero-order valence-electron chi connectivity index (χ0n) is 15.1. The van der Waals surface area contributed by atoms with E-state index in [0.717, 1.165) is 24.8 Å². The van der Waals surface area contributed by atoms with Gasteiger partial charge in [0.05, 0.1) is 6.04 Å². The molecule has 4 nitrogen and oxygen atoms in total. The third-order valence-electron chi connectivity index (χ3n) is 3.83. The summed E-state index contributed by atoms with van der Waals surface area (Å²) in [5.41, 5.74) is 0.738.